The zero-order chi connectivity index (χ0) is 10.2. The van der Waals surface area contributed by atoms with Crippen molar-refractivity contribution in [1.29, 1.82) is 0 Å². The SMILES string of the molecule is COCCc1cc(NCCO)ncn1. The van der Waals surface area contributed by atoms with Crippen LogP contribution in [0.4, 0.5) is 5.82 Å². The van der Waals surface area contributed by atoms with Crippen molar-refractivity contribution in [1.82, 2.24) is 9.97 Å². The molecule has 0 saturated carbocycles. The molecule has 1 heterocycles. The van der Waals surface area contributed by atoms with Crippen LogP contribution >= 0.6 is 0 Å². The molecule has 5 heteroatoms. The van der Waals surface area contributed by atoms with Crippen molar-refractivity contribution in [2.24, 2.45) is 0 Å². The smallest absolute Gasteiger partial charge is 0.129 e. The van der Waals surface area contributed by atoms with E-state index in [0.717, 1.165) is 17.9 Å². The van der Waals surface area contributed by atoms with E-state index >= 15 is 0 Å². The minimum Gasteiger partial charge on any atom is -0.395 e. The summed E-state index contributed by atoms with van der Waals surface area (Å²) in [4.78, 5) is 8.10. The van der Waals surface area contributed by atoms with Gasteiger partial charge in [0.05, 0.1) is 13.2 Å². The molecule has 0 aliphatic rings. The number of aliphatic hydroxyl groups excluding tert-OH is 1. The van der Waals surface area contributed by atoms with Crippen LogP contribution in [0.5, 0.6) is 0 Å². The highest BCUT2D eigenvalue weighted by Gasteiger charge is 1.97. The highest BCUT2D eigenvalue weighted by Crippen LogP contribution is 2.03. The summed E-state index contributed by atoms with van der Waals surface area (Å²) < 4.78 is 4.95. The first-order valence-corrected chi connectivity index (χ1v) is 4.51. The van der Waals surface area contributed by atoms with Gasteiger partial charge in [-0.05, 0) is 0 Å². The number of anilines is 1. The van der Waals surface area contributed by atoms with Crippen LogP contribution in [0.15, 0.2) is 12.4 Å². The maximum atomic E-state index is 8.61. The molecule has 0 bridgehead atoms. The molecule has 2 N–H and O–H groups in total. The molecule has 0 aliphatic carbocycles. The molecule has 1 rings (SSSR count). The Balaban J connectivity index is 2.50. The average molecular weight is 197 g/mol. The molecule has 0 spiro atoms. The van der Waals surface area contributed by atoms with E-state index in [1.807, 2.05) is 6.07 Å². The molecule has 0 atom stereocenters. The lowest BCUT2D eigenvalue weighted by Gasteiger charge is -2.04. The minimum absolute atomic E-state index is 0.0947. The van der Waals surface area contributed by atoms with Crippen LogP contribution in [-0.4, -0.2) is 41.9 Å². The van der Waals surface area contributed by atoms with Crippen molar-refractivity contribution in [3.63, 3.8) is 0 Å². The van der Waals surface area contributed by atoms with E-state index in [0.29, 0.717) is 13.2 Å². The molecule has 0 aliphatic heterocycles. The predicted molar refractivity (Wildman–Crippen MR) is 53.2 cm³/mol. The molecule has 0 amide bonds. The van der Waals surface area contributed by atoms with Gasteiger partial charge in [-0.3, -0.25) is 0 Å². The Hall–Kier alpha value is -1.20. The third-order valence-corrected chi connectivity index (χ3v) is 1.70. The Morgan fingerprint density at radius 3 is 3.07 bits per heavy atom. The molecule has 0 unspecified atom stereocenters. The van der Waals surface area contributed by atoms with Crippen LogP contribution in [0, 0.1) is 0 Å². The van der Waals surface area contributed by atoms with Crippen LogP contribution in [0.2, 0.25) is 0 Å². The second-order valence-corrected chi connectivity index (χ2v) is 2.79. The van der Waals surface area contributed by atoms with Crippen molar-refractivity contribution in [2.45, 2.75) is 6.42 Å². The molecule has 0 fully saturated rings. The minimum atomic E-state index is 0.0947. The normalized spacial score (nSPS) is 10.1. The van der Waals surface area contributed by atoms with Crippen LogP contribution < -0.4 is 5.32 Å². The first-order valence-electron chi connectivity index (χ1n) is 4.51. The van der Waals surface area contributed by atoms with E-state index in [-0.39, 0.29) is 6.61 Å². The number of methoxy groups -OCH3 is 1. The second-order valence-electron chi connectivity index (χ2n) is 2.79. The van der Waals surface area contributed by atoms with Crippen molar-refractivity contribution < 1.29 is 9.84 Å². The lowest BCUT2D eigenvalue weighted by Crippen LogP contribution is -2.08. The van der Waals surface area contributed by atoms with Crippen molar-refractivity contribution >= 4 is 5.82 Å². The predicted octanol–water partition coefficient (Wildman–Crippen LogP) is 0.0697. The number of hydrogen-bond acceptors (Lipinski definition) is 5. The second kappa shape index (κ2) is 6.28. The number of aromatic nitrogens is 2. The summed E-state index contributed by atoms with van der Waals surface area (Å²) >= 11 is 0. The maximum absolute atomic E-state index is 8.61. The number of ether oxygens (including phenoxy) is 1. The summed E-state index contributed by atoms with van der Waals surface area (Å²) in [6, 6.07) is 1.86. The van der Waals surface area contributed by atoms with Crippen LogP contribution in [0.1, 0.15) is 5.69 Å². The average Bonchev–Trinajstić information content (AvgIpc) is 2.24. The van der Waals surface area contributed by atoms with Gasteiger partial charge in [0.25, 0.3) is 0 Å². The molecule has 1 aromatic rings. The van der Waals surface area contributed by atoms with Crippen molar-refractivity contribution in [3.8, 4) is 0 Å². The van der Waals surface area contributed by atoms with Gasteiger partial charge in [0.2, 0.25) is 0 Å². The molecule has 78 valence electrons. The first kappa shape index (κ1) is 10.9. The molecular weight excluding hydrogens is 182 g/mol. The van der Waals surface area contributed by atoms with E-state index in [9.17, 15) is 0 Å². The lowest BCUT2D eigenvalue weighted by atomic mass is 10.3. The molecule has 0 aromatic carbocycles. The largest absolute Gasteiger partial charge is 0.395 e. The fourth-order valence-electron chi connectivity index (χ4n) is 1.02. The van der Waals surface area contributed by atoms with E-state index in [1.54, 1.807) is 7.11 Å². The van der Waals surface area contributed by atoms with Gasteiger partial charge in [0.15, 0.2) is 0 Å². The zero-order valence-corrected chi connectivity index (χ0v) is 8.23. The van der Waals surface area contributed by atoms with E-state index in [4.69, 9.17) is 9.84 Å². The summed E-state index contributed by atoms with van der Waals surface area (Å²) in [6.45, 7) is 1.24. The van der Waals surface area contributed by atoms with E-state index in [1.165, 1.54) is 6.33 Å². The molecule has 5 nitrogen and oxygen atoms in total. The summed E-state index contributed by atoms with van der Waals surface area (Å²) in [5, 5.41) is 11.6. The zero-order valence-electron chi connectivity index (χ0n) is 8.23. The Morgan fingerprint density at radius 1 is 1.50 bits per heavy atom. The lowest BCUT2D eigenvalue weighted by molar-refractivity contribution is 0.201. The molecule has 14 heavy (non-hydrogen) atoms. The van der Waals surface area contributed by atoms with Gasteiger partial charge in [-0.25, -0.2) is 9.97 Å². The van der Waals surface area contributed by atoms with Crippen LogP contribution in [-0.2, 0) is 11.2 Å². The fraction of sp³-hybridized carbons (Fsp3) is 0.556. The number of hydrogen-bond donors (Lipinski definition) is 2. The van der Waals surface area contributed by atoms with Gasteiger partial charge in [0, 0.05) is 31.8 Å². The monoisotopic (exact) mass is 197 g/mol. The third kappa shape index (κ3) is 3.68. The fourth-order valence-corrected chi connectivity index (χ4v) is 1.02. The topological polar surface area (TPSA) is 67.3 Å². The van der Waals surface area contributed by atoms with Gasteiger partial charge < -0.3 is 15.2 Å². The highest BCUT2D eigenvalue weighted by molar-refractivity contribution is 5.34. The number of rotatable bonds is 6. The van der Waals surface area contributed by atoms with E-state index in [2.05, 4.69) is 15.3 Å². The number of nitrogens with zero attached hydrogens (tertiary/aromatic N) is 2. The van der Waals surface area contributed by atoms with Crippen LogP contribution in [0.3, 0.4) is 0 Å². The maximum Gasteiger partial charge on any atom is 0.129 e. The quantitative estimate of drug-likeness (QED) is 0.675. The van der Waals surface area contributed by atoms with Gasteiger partial charge in [0.1, 0.15) is 12.1 Å². The Kier molecular flexibility index (Phi) is 4.88. The van der Waals surface area contributed by atoms with Crippen molar-refractivity contribution in [3.05, 3.63) is 18.1 Å². The van der Waals surface area contributed by atoms with E-state index < -0.39 is 0 Å². The first-order chi connectivity index (χ1) is 6.86. The number of nitrogens with one attached hydrogen (secondary N) is 1. The van der Waals surface area contributed by atoms with Gasteiger partial charge in [-0.15, -0.1) is 0 Å². The van der Waals surface area contributed by atoms with Crippen LogP contribution in [0.25, 0.3) is 0 Å². The van der Waals surface area contributed by atoms with Gasteiger partial charge in [-0.2, -0.15) is 0 Å². The molecule has 0 radical (unpaired) electrons. The van der Waals surface area contributed by atoms with Gasteiger partial charge in [-0.1, -0.05) is 0 Å². The van der Waals surface area contributed by atoms with Crippen molar-refractivity contribution in [2.75, 3.05) is 32.2 Å². The Labute approximate surface area is 83.2 Å². The summed E-state index contributed by atoms with van der Waals surface area (Å²) in [7, 11) is 1.66. The summed E-state index contributed by atoms with van der Waals surface area (Å²) in [5.74, 6) is 0.736. The Morgan fingerprint density at radius 2 is 2.36 bits per heavy atom. The van der Waals surface area contributed by atoms with Gasteiger partial charge >= 0.3 is 0 Å². The summed E-state index contributed by atoms with van der Waals surface area (Å²) in [5.41, 5.74) is 0.933. The standard InChI is InChI=1S/C9H15N3O2/c1-14-5-2-8-6-9(10-3-4-13)12-7-11-8/h6-7,13H,2-5H2,1H3,(H,10,11,12). The Bertz CT molecular complexity index is 245. The summed E-state index contributed by atoms with van der Waals surface area (Å²) in [6.07, 6.45) is 2.28. The highest BCUT2D eigenvalue weighted by atomic mass is 16.5. The molecule has 1 aromatic heterocycles. The third-order valence-electron chi connectivity index (χ3n) is 1.70. The molecular formula is C9H15N3O2. The molecule has 0 saturated heterocycles. The number of aliphatic hydroxyl groups is 1.